The summed E-state index contributed by atoms with van der Waals surface area (Å²) in [6, 6.07) is 17.2. The number of nitrogens with zero attached hydrogens (tertiary/aromatic N) is 5. The average molecular weight is 844 g/mol. The van der Waals surface area contributed by atoms with Crippen LogP contribution >= 0.6 is 24.0 Å². The Balaban J connectivity index is 1.24. The summed E-state index contributed by atoms with van der Waals surface area (Å²) in [5, 5.41) is 21.2. The summed E-state index contributed by atoms with van der Waals surface area (Å²) in [6.07, 6.45) is -0.201. The maximum Gasteiger partial charge on any atom is 0.354 e. The van der Waals surface area contributed by atoms with Crippen LogP contribution in [0.2, 0.25) is 0 Å². The molecule has 3 heterocycles. The number of benzene rings is 1. The van der Waals surface area contributed by atoms with Crippen molar-refractivity contribution in [2.75, 3.05) is 117 Å². The molecule has 3 aromatic rings. The maximum absolute atomic E-state index is 11.5. The van der Waals surface area contributed by atoms with Crippen LogP contribution in [0.25, 0.3) is 0 Å². The molecule has 1 fully saturated rings. The zero-order valence-electron chi connectivity index (χ0n) is 32.6. The highest BCUT2D eigenvalue weighted by Gasteiger charge is 2.16. The van der Waals surface area contributed by atoms with E-state index in [4.69, 9.17) is 33.2 Å². The normalized spacial score (nSPS) is 17.1. The Morgan fingerprint density at radius 1 is 0.741 bits per heavy atom. The molecule has 4 rings (SSSR count). The molecule has 1 aliphatic heterocycles. The van der Waals surface area contributed by atoms with E-state index in [0.717, 1.165) is 17.2 Å². The Morgan fingerprint density at radius 3 is 1.88 bits per heavy atom. The number of isothiocyanates is 1. The van der Waals surface area contributed by atoms with Gasteiger partial charge in [-0.05, 0) is 60.7 Å². The van der Waals surface area contributed by atoms with E-state index in [2.05, 4.69) is 42.1 Å². The van der Waals surface area contributed by atoms with Crippen molar-refractivity contribution in [3.8, 4) is 5.75 Å². The van der Waals surface area contributed by atoms with Crippen LogP contribution in [0.4, 0.5) is 5.69 Å². The minimum atomic E-state index is -1.07. The van der Waals surface area contributed by atoms with Crippen molar-refractivity contribution in [1.29, 1.82) is 0 Å². The molecule has 2 aromatic heterocycles. The van der Waals surface area contributed by atoms with Gasteiger partial charge in [0.2, 0.25) is 0 Å². The second-order valence-electron chi connectivity index (χ2n) is 12.8. The van der Waals surface area contributed by atoms with Gasteiger partial charge in [-0.3, -0.25) is 9.80 Å². The lowest BCUT2D eigenvalue weighted by Gasteiger charge is -2.25. The Labute approximate surface area is 348 Å². The van der Waals surface area contributed by atoms with Gasteiger partial charge in [0.05, 0.1) is 101 Å². The van der Waals surface area contributed by atoms with Crippen LogP contribution in [0.15, 0.2) is 65.7 Å². The molecule has 58 heavy (non-hydrogen) atoms. The number of aromatic carboxylic acids is 2. The number of ether oxygens (including phenoxy) is 7. The molecule has 1 atom stereocenters. The van der Waals surface area contributed by atoms with E-state index in [-0.39, 0.29) is 17.5 Å². The first kappa shape index (κ1) is 46.8. The smallest absolute Gasteiger partial charge is 0.354 e. The van der Waals surface area contributed by atoms with Gasteiger partial charge in [0.25, 0.3) is 0 Å². The number of carboxylic acids is 2. The van der Waals surface area contributed by atoms with E-state index in [1.165, 1.54) is 12.1 Å². The number of pyridine rings is 2. The molecule has 0 amide bonds. The van der Waals surface area contributed by atoms with Crippen LogP contribution in [0.5, 0.6) is 5.75 Å². The topological polar surface area (TPSA) is 184 Å². The lowest BCUT2D eigenvalue weighted by Crippen LogP contribution is -2.35. The zero-order chi connectivity index (χ0) is 41.0. The number of hydrogen-bond donors (Lipinski definition) is 2. The van der Waals surface area contributed by atoms with Gasteiger partial charge in [0.1, 0.15) is 23.7 Å². The van der Waals surface area contributed by atoms with E-state index < -0.39 is 11.9 Å². The SMILES string of the molecule is O=C(O)c1cccc(CN2CCOCCOCCN(Cc3cccc(C(=O)O)n3)CCOC(CSCCOCCOCCOc3ccc(N=C=S)cc3)COCC2)n1. The highest BCUT2D eigenvalue weighted by Crippen LogP contribution is 2.17. The third kappa shape index (κ3) is 19.7. The van der Waals surface area contributed by atoms with Crippen molar-refractivity contribution < 1.29 is 53.0 Å². The van der Waals surface area contributed by atoms with Crippen molar-refractivity contribution in [1.82, 2.24) is 19.8 Å². The predicted octanol–water partition coefficient (Wildman–Crippen LogP) is 4.21. The Morgan fingerprint density at radius 2 is 1.29 bits per heavy atom. The van der Waals surface area contributed by atoms with Gasteiger partial charge in [-0.25, -0.2) is 19.6 Å². The van der Waals surface area contributed by atoms with Gasteiger partial charge in [-0.2, -0.15) is 16.8 Å². The molecule has 16 nitrogen and oxygen atoms in total. The van der Waals surface area contributed by atoms with E-state index in [1.54, 1.807) is 36.0 Å². The summed E-state index contributed by atoms with van der Waals surface area (Å²) in [5.41, 5.74) is 2.02. The van der Waals surface area contributed by atoms with Crippen molar-refractivity contribution in [2.24, 2.45) is 4.99 Å². The monoisotopic (exact) mass is 843 g/mol. The highest BCUT2D eigenvalue weighted by atomic mass is 32.2. The standard InChI is InChI=1S/C40H53N5O11S2/c46-39(47)37-5-1-3-33(42-37)27-44-11-15-50-19-20-51-16-12-45(28-34-4-2-6-38(43-34)40(48)49)14-18-55-36(29-54-17-13-44)30-58-26-25-53-22-21-52-23-24-56-35-9-7-32(8-10-35)41-31-57/h1-10,36H,11-30H2,(H,46,47)(H,48,49). The van der Waals surface area contributed by atoms with Crippen LogP contribution in [0.1, 0.15) is 32.4 Å². The number of carbonyl (C=O) groups is 2. The fourth-order valence-corrected chi connectivity index (χ4v) is 6.49. The first-order chi connectivity index (χ1) is 28.4. The number of carboxylic acid groups (broad SMARTS) is 2. The summed E-state index contributed by atoms with van der Waals surface area (Å²) in [7, 11) is 0. The molecule has 1 aliphatic rings. The number of rotatable bonds is 19. The van der Waals surface area contributed by atoms with E-state index >= 15 is 0 Å². The van der Waals surface area contributed by atoms with Gasteiger partial charge in [-0.15, -0.1) is 0 Å². The largest absolute Gasteiger partial charge is 0.491 e. The summed E-state index contributed by atoms with van der Waals surface area (Å²) in [4.78, 5) is 39.8. The second kappa shape index (κ2) is 28.5. The van der Waals surface area contributed by atoms with Crippen LogP contribution in [-0.4, -0.2) is 170 Å². The lowest BCUT2D eigenvalue weighted by atomic mass is 10.3. The lowest BCUT2D eigenvalue weighted by molar-refractivity contribution is -0.0238. The van der Waals surface area contributed by atoms with Gasteiger partial charge in [-0.1, -0.05) is 12.1 Å². The van der Waals surface area contributed by atoms with E-state index in [1.807, 2.05) is 24.3 Å². The van der Waals surface area contributed by atoms with Crippen molar-refractivity contribution >= 4 is 46.8 Å². The van der Waals surface area contributed by atoms with Gasteiger partial charge in [0, 0.05) is 50.8 Å². The maximum atomic E-state index is 11.5. The fourth-order valence-electron chi connectivity index (χ4n) is 5.52. The van der Waals surface area contributed by atoms with Crippen LogP contribution in [0, 0.1) is 0 Å². The number of hydrogen-bond acceptors (Lipinski definition) is 16. The third-order valence-electron chi connectivity index (χ3n) is 8.47. The van der Waals surface area contributed by atoms with E-state index in [0.29, 0.717) is 136 Å². The average Bonchev–Trinajstić information content (AvgIpc) is 3.22. The Hall–Kier alpha value is -3.91. The molecule has 0 bridgehead atoms. The Kier molecular flexibility index (Phi) is 23.0. The quantitative estimate of drug-likeness (QED) is 0.0994. The van der Waals surface area contributed by atoms with Gasteiger partial charge in [0.15, 0.2) is 0 Å². The summed E-state index contributed by atoms with van der Waals surface area (Å²) < 4.78 is 41.4. The molecule has 316 valence electrons. The van der Waals surface area contributed by atoms with Crippen LogP contribution < -0.4 is 4.74 Å². The molecule has 1 aromatic carbocycles. The highest BCUT2D eigenvalue weighted by molar-refractivity contribution is 7.99. The molecule has 0 spiro atoms. The fraction of sp³-hybridized carbons (Fsp3) is 0.525. The van der Waals surface area contributed by atoms with Crippen molar-refractivity contribution in [3.63, 3.8) is 0 Å². The van der Waals surface area contributed by atoms with Crippen molar-refractivity contribution in [2.45, 2.75) is 19.2 Å². The molecule has 1 unspecified atom stereocenters. The zero-order valence-corrected chi connectivity index (χ0v) is 34.2. The number of aliphatic imine (C=N–C) groups is 1. The van der Waals surface area contributed by atoms with Gasteiger partial charge < -0.3 is 43.4 Å². The Bertz CT molecular complexity index is 1690. The van der Waals surface area contributed by atoms with Gasteiger partial charge >= 0.3 is 11.9 Å². The number of aromatic nitrogens is 2. The molecule has 0 aliphatic carbocycles. The summed E-state index contributed by atoms with van der Waals surface area (Å²) in [6.45, 7) is 8.47. The molecule has 0 radical (unpaired) electrons. The first-order valence-corrected chi connectivity index (χ1v) is 20.7. The molecular weight excluding hydrogens is 791 g/mol. The molecule has 18 heteroatoms. The molecule has 0 saturated carbocycles. The number of thioether (sulfide) groups is 1. The minimum absolute atomic E-state index is 0.000326. The molecular formula is C40H53N5O11S2. The summed E-state index contributed by atoms with van der Waals surface area (Å²) in [5.74, 6) is 0.0305. The van der Waals surface area contributed by atoms with Crippen molar-refractivity contribution in [3.05, 3.63) is 83.4 Å². The summed E-state index contributed by atoms with van der Waals surface area (Å²) >= 11 is 6.33. The van der Waals surface area contributed by atoms with Crippen LogP contribution in [0.3, 0.4) is 0 Å². The predicted molar refractivity (Wildman–Crippen MR) is 221 cm³/mol. The molecule has 1 saturated heterocycles. The first-order valence-electron chi connectivity index (χ1n) is 19.1. The number of thiocarbonyl (C=S) groups is 1. The van der Waals surface area contributed by atoms with E-state index in [9.17, 15) is 19.8 Å². The minimum Gasteiger partial charge on any atom is -0.491 e. The van der Waals surface area contributed by atoms with Crippen LogP contribution in [-0.2, 0) is 41.5 Å². The molecule has 2 N–H and O–H groups in total. The second-order valence-corrected chi connectivity index (χ2v) is 14.2. The third-order valence-corrected chi connectivity index (χ3v) is 9.63.